The van der Waals surface area contributed by atoms with Crippen LogP contribution in [0, 0.1) is 17.1 Å². The third-order valence-corrected chi connectivity index (χ3v) is 6.08. The van der Waals surface area contributed by atoms with Gasteiger partial charge in [-0.2, -0.15) is 5.26 Å². The molecule has 0 spiro atoms. The number of halogens is 2. The van der Waals surface area contributed by atoms with Gasteiger partial charge in [-0.3, -0.25) is 4.98 Å². The molecule has 2 heterocycles. The molecular weight excluding hydrogens is 483 g/mol. The highest BCUT2D eigenvalue weighted by Crippen LogP contribution is 2.37. The number of nitrogens with two attached hydrogens (primary N) is 1. The van der Waals surface area contributed by atoms with Crippen molar-refractivity contribution in [3.63, 3.8) is 0 Å². The van der Waals surface area contributed by atoms with Crippen molar-refractivity contribution in [2.45, 2.75) is 19.1 Å². The number of nitrogens with one attached hydrogen (secondary N) is 1. The van der Waals surface area contributed by atoms with Crippen LogP contribution in [0.25, 0.3) is 10.9 Å². The van der Waals surface area contributed by atoms with Gasteiger partial charge in [0.2, 0.25) is 0 Å². The first kappa shape index (κ1) is 23.7. The SMILES string of the molecule is N#Cc1cnc2cc(OC3CCOC3)c(N)cc2c1Nc1ccc(OCc2cccc(F)c2)c(Cl)c1. The predicted octanol–water partition coefficient (Wildman–Crippen LogP) is 5.97. The molecule has 4 aromatic rings. The number of hydrogen-bond acceptors (Lipinski definition) is 7. The van der Waals surface area contributed by atoms with Crippen LogP contribution in [0.2, 0.25) is 5.02 Å². The summed E-state index contributed by atoms with van der Waals surface area (Å²) >= 11 is 6.45. The third-order valence-electron chi connectivity index (χ3n) is 5.79. The molecule has 5 rings (SSSR count). The molecule has 182 valence electrons. The van der Waals surface area contributed by atoms with Crippen molar-refractivity contribution in [2.75, 3.05) is 24.3 Å². The van der Waals surface area contributed by atoms with E-state index in [1.807, 2.05) is 0 Å². The van der Waals surface area contributed by atoms with Crippen LogP contribution in [0.15, 0.2) is 60.8 Å². The molecule has 1 saturated heterocycles. The zero-order chi connectivity index (χ0) is 25.1. The van der Waals surface area contributed by atoms with Crippen LogP contribution in [0.3, 0.4) is 0 Å². The summed E-state index contributed by atoms with van der Waals surface area (Å²) in [6.07, 6.45) is 2.25. The maximum atomic E-state index is 13.4. The Bertz CT molecular complexity index is 1470. The molecule has 0 aliphatic carbocycles. The van der Waals surface area contributed by atoms with Crippen molar-refractivity contribution in [3.8, 4) is 17.6 Å². The van der Waals surface area contributed by atoms with Crippen molar-refractivity contribution < 1.29 is 18.6 Å². The van der Waals surface area contributed by atoms with Gasteiger partial charge >= 0.3 is 0 Å². The molecule has 1 unspecified atom stereocenters. The molecule has 1 atom stereocenters. The number of nitrogen functional groups attached to an aromatic ring is 1. The first-order chi connectivity index (χ1) is 17.5. The van der Waals surface area contributed by atoms with E-state index in [2.05, 4.69) is 16.4 Å². The number of aromatic nitrogens is 1. The smallest absolute Gasteiger partial charge is 0.144 e. The molecule has 36 heavy (non-hydrogen) atoms. The highest BCUT2D eigenvalue weighted by molar-refractivity contribution is 6.32. The highest BCUT2D eigenvalue weighted by Gasteiger charge is 2.20. The monoisotopic (exact) mass is 504 g/mol. The number of rotatable bonds is 7. The van der Waals surface area contributed by atoms with Gasteiger partial charge < -0.3 is 25.3 Å². The summed E-state index contributed by atoms with van der Waals surface area (Å²) in [5.41, 5.74) is 9.59. The van der Waals surface area contributed by atoms with E-state index in [1.165, 1.54) is 18.3 Å². The average Bonchev–Trinajstić information content (AvgIpc) is 3.38. The fourth-order valence-corrected chi connectivity index (χ4v) is 4.21. The van der Waals surface area contributed by atoms with Gasteiger partial charge in [0.05, 0.1) is 40.7 Å². The molecule has 3 N–H and O–H groups in total. The van der Waals surface area contributed by atoms with Crippen LogP contribution in [-0.2, 0) is 11.3 Å². The molecule has 9 heteroatoms. The number of pyridine rings is 1. The Morgan fingerprint density at radius 3 is 2.83 bits per heavy atom. The number of fused-ring (bicyclic) bond motifs is 1. The lowest BCUT2D eigenvalue weighted by molar-refractivity contribution is 0.142. The summed E-state index contributed by atoms with van der Waals surface area (Å²) in [4.78, 5) is 4.42. The summed E-state index contributed by atoms with van der Waals surface area (Å²) in [7, 11) is 0. The summed E-state index contributed by atoms with van der Waals surface area (Å²) < 4.78 is 30.5. The number of hydrogen-bond donors (Lipinski definition) is 2. The van der Waals surface area contributed by atoms with Gasteiger partial charge in [0.25, 0.3) is 0 Å². The first-order valence-electron chi connectivity index (χ1n) is 11.3. The number of benzene rings is 3. The lowest BCUT2D eigenvalue weighted by Gasteiger charge is -2.17. The molecule has 0 saturated carbocycles. The normalized spacial score (nSPS) is 15.0. The van der Waals surface area contributed by atoms with E-state index < -0.39 is 0 Å². The van der Waals surface area contributed by atoms with Gasteiger partial charge in [0.15, 0.2) is 0 Å². The maximum Gasteiger partial charge on any atom is 0.144 e. The quantitative estimate of drug-likeness (QED) is 0.299. The Balaban J connectivity index is 1.40. The van der Waals surface area contributed by atoms with E-state index in [0.29, 0.717) is 68.8 Å². The van der Waals surface area contributed by atoms with Crippen molar-refractivity contribution in [1.29, 1.82) is 5.26 Å². The van der Waals surface area contributed by atoms with Crippen molar-refractivity contribution in [2.24, 2.45) is 0 Å². The predicted molar refractivity (Wildman–Crippen MR) is 136 cm³/mol. The van der Waals surface area contributed by atoms with E-state index >= 15 is 0 Å². The van der Waals surface area contributed by atoms with E-state index in [-0.39, 0.29) is 18.5 Å². The Morgan fingerprint density at radius 1 is 1.19 bits per heavy atom. The van der Waals surface area contributed by atoms with Gasteiger partial charge in [0.1, 0.15) is 36.1 Å². The van der Waals surface area contributed by atoms with Crippen molar-refractivity contribution >= 4 is 39.6 Å². The van der Waals surface area contributed by atoms with Crippen LogP contribution in [0.5, 0.6) is 11.5 Å². The minimum absolute atomic E-state index is 0.0514. The standard InChI is InChI=1S/C27H22ClFN4O3/c28-22-9-19(4-5-25(22)35-14-16-2-1-3-18(29)8-16)33-27-17(12-30)13-32-24-11-26(23(31)10-21(24)27)36-20-6-7-34-15-20/h1-5,8-11,13,20H,6-7,14-15,31H2,(H,32,33). The second kappa shape index (κ2) is 10.3. The molecule has 0 radical (unpaired) electrons. The minimum atomic E-state index is -0.327. The number of nitriles is 1. The number of ether oxygens (including phenoxy) is 3. The Labute approximate surface area is 212 Å². The molecule has 0 bridgehead atoms. The summed E-state index contributed by atoms with van der Waals surface area (Å²) in [6, 6.07) is 17.0. The molecule has 1 aromatic heterocycles. The average molecular weight is 505 g/mol. The van der Waals surface area contributed by atoms with Gasteiger partial charge in [-0.05, 0) is 42.0 Å². The second-order valence-corrected chi connectivity index (χ2v) is 8.77. The van der Waals surface area contributed by atoms with Gasteiger partial charge in [-0.15, -0.1) is 0 Å². The fraction of sp³-hybridized carbons (Fsp3) is 0.185. The molecular formula is C27H22ClFN4O3. The zero-order valence-electron chi connectivity index (χ0n) is 19.1. The minimum Gasteiger partial charge on any atom is -0.487 e. The number of nitrogens with zero attached hydrogens (tertiary/aromatic N) is 2. The summed E-state index contributed by atoms with van der Waals surface area (Å²) in [5, 5.41) is 14.0. The molecule has 1 aliphatic heterocycles. The molecule has 0 amide bonds. The largest absolute Gasteiger partial charge is 0.487 e. The first-order valence-corrected chi connectivity index (χ1v) is 11.7. The fourth-order valence-electron chi connectivity index (χ4n) is 3.97. The molecule has 7 nitrogen and oxygen atoms in total. The molecule has 1 aliphatic rings. The highest BCUT2D eigenvalue weighted by atomic mass is 35.5. The summed E-state index contributed by atoms with van der Waals surface area (Å²) in [5.74, 6) is 0.656. The Kier molecular flexibility index (Phi) is 6.76. The van der Waals surface area contributed by atoms with Crippen LogP contribution in [0.4, 0.5) is 21.5 Å². The third kappa shape index (κ3) is 5.13. The van der Waals surface area contributed by atoms with Gasteiger partial charge in [-0.25, -0.2) is 4.39 Å². The molecule has 3 aromatic carbocycles. The van der Waals surface area contributed by atoms with E-state index in [0.717, 1.165) is 6.42 Å². The van der Waals surface area contributed by atoms with E-state index in [9.17, 15) is 9.65 Å². The van der Waals surface area contributed by atoms with E-state index in [1.54, 1.807) is 42.5 Å². The lowest BCUT2D eigenvalue weighted by atomic mass is 10.1. The lowest BCUT2D eigenvalue weighted by Crippen LogP contribution is -2.16. The van der Waals surface area contributed by atoms with Crippen LogP contribution < -0.4 is 20.5 Å². The Morgan fingerprint density at radius 2 is 2.08 bits per heavy atom. The number of anilines is 3. The van der Waals surface area contributed by atoms with Crippen molar-refractivity contribution in [3.05, 3.63) is 82.8 Å². The summed E-state index contributed by atoms with van der Waals surface area (Å²) in [6.45, 7) is 1.36. The second-order valence-electron chi connectivity index (χ2n) is 8.36. The zero-order valence-corrected chi connectivity index (χ0v) is 19.9. The van der Waals surface area contributed by atoms with E-state index in [4.69, 9.17) is 31.5 Å². The molecule has 1 fully saturated rings. The maximum absolute atomic E-state index is 13.4. The topological polar surface area (TPSA) is 102 Å². The van der Waals surface area contributed by atoms with Gasteiger partial charge in [0, 0.05) is 29.8 Å². The van der Waals surface area contributed by atoms with Crippen LogP contribution in [-0.4, -0.2) is 24.3 Å². The van der Waals surface area contributed by atoms with Gasteiger partial charge in [-0.1, -0.05) is 23.7 Å². The van der Waals surface area contributed by atoms with Crippen molar-refractivity contribution in [1.82, 2.24) is 4.98 Å². The Hall–Kier alpha value is -4.06. The van der Waals surface area contributed by atoms with Crippen LogP contribution >= 0.6 is 11.6 Å². The van der Waals surface area contributed by atoms with Crippen LogP contribution in [0.1, 0.15) is 17.5 Å².